The SMILES string of the molecule is O=C[C@H](Cc1ccccc1)NC(=O)C1(c2ccccc2)C=C(c2cccnc2)Nc2ccccc21. The number of aromatic nitrogens is 1. The molecule has 2 N–H and O–H groups in total. The summed E-state index contributed by atoms with van der Waals surface area (Å²) in [5.41, 5.74) is 3.95. The molecule has 0 fully saturated rings. The highest BCUT2D eigenvalue weighted by Gasteiger charge is 2.45. The highest BCUT2D eigenvalue weighted by Crippen LogP contribution is 2.44. The van der Waals surface area contributed by atoms with Gasteiger partial charge >= 0.3 is 0 Å². The van der Waals surface area contributed by atoms with Crippen molar-refractivity contribution in [3.8, 4) is 0 Å². The Labute approximate surface area is 204 Å². The molecule has 0 saturated carbocycles. The maximum Gasteiger partial charge on any atom is 0.239 e. The molecular weight excluding hydrogens is 434 g/mol. The molecule has 3 aromatic carbocycles. The molecular formula is C30H25N3O2. The van der Waals surface area contributed by atoms with Gasteiger partial charge in [0.1, 0.15) is 11.7 Å². The zero-order chi connectivity index (χ0) is 24.1. The third-order valence-corrected chi connectivity index (χ3v) is 6.32. The maximum atomic E-state index is 14.3. The number of anilines is 1. The molecule has 1 aliphatic heterocycles. The van der Waals surface area contributed by atoms with Crippen LogP contribution in [0.25, 0.3) is 5.70 Å². The van der Waals surface area contributed by atoms with Crippen LogP contribution in [0.1, 0.15) is 22.3 Å². The van der Waals surface area contributed by atoms with Gasteiger partial charge in [-0.25, -0.2) is 0 Å². The van der Waals surface area contributed by atoms with Crippen molar-refractivity contribution in [3.05, 3.63) is 138 Å². The Morgan fingerprint density at radius 3 is 2.34 bits per heavy atom. The van der Waals surface area contributed by atoms with Gasteiger partial charge < -0.3 is 15.4 Å². The molecule has 2 heterocycles. The second-order valence-corrected chi connectivity index (χ2v) is 8.55. The summed E-state index contributed by atoms with van der Waals surface area (Å²) < 4.78 is 0. The molecule has 0 bridgehead atoms. The van der Waals surface area contributed by atoms with Crippen molar-refractivity contribution in [1.29, 1.82) is 0 Å². The van der Waals surface area contributed by atoms with Gasteiger partial charge in [0.2, 0.25) is 5.91 Å². The molecule has 0 radical (unpaired) electrons. The fourth-order valence-corrected chi connectivity index (χ4v) is 4.63. The molecule has 4 aromatic rings. The normalized spacial score (nSPS) is 17.3. The lowest BCUT2D eigenvalue weighted by atomic mass is 9.70. The van der Waals surface area contributed by atoms with E-state index < -0.39 is 11.5 Å². The number of benzene rings is 3. The van der Waals surface area contributed by atoms with Crippen LogP contribution in [0.3, 0.4) is 0 Å². The highest BCUT2D eigenvalue weighted by molar-refractivity contribution is 6.02. The van der Waals surface area contributed by atoms with Crippen molar-refractivity contribution >= 4 is 23.6 Å². The predicted molar refractivity (Wildman–Crippen MR) is 138 cm³/mol. The third-order valence-electron chi connectivity index (χ3n) is 6.32. The average Bonchev–Trinajstić information content (AvgIpc) is 2.93. The quantitative estimate of drug-likeness (QED) is 0.391. The maximum absolute atomic E-state index is 14.3. The summed E-state index contributed by atoms with van der Waals surface area (Å²) in [7, 11) is 0. The van der Waals surface area contributed by atoms with E-state index in [0.29, 0.717) is 6.42 Å². The Bertz CT molecular complexity index is 1350. The predicted octanol–water partition coefficient (Wildman–Crippen LogP) is 4.76. The lowest BCUT2D eigenvalue weighted by Crippen LogP contribution is -2.50. The monoisotopic (exact) mass is 459 g/mol. The molecule has 172 valence electrons. The van der Waals surface area contributed by atoms with E-state index in [0.717, 1.165) is 39.9 Å². The van der Waals surface area contributed by atoms with Gasteiger partial charge in [0, 0.05) is 29.3 Å². The second kappa shape index (κ2) is 9.77. The highest BCUT2D eigenvalue weighted by atomic mass is 16.2. The molecule has 5 nitrogen and oxygen atoms in total. The number of para-hydroxylation sites is 1. The number of amides is 1. The van der Waals surface area contributed by atoms with E-state index >= 15 is 0 Å². The van der Waals surface area contributed by atoms with Crippen LogP contribution in [0.15, 0.2) is 116 Å². The van der Waals surface area contributed by atoms with Gasteiger partial charge in [-0.3, -0.25) is 9.78 Å². The summed E-state index contributed by atoms with van der Waals surface area (Å²) in [5, 5.41) is 6.51. The van der Waals surface area contributed by atoms with Gasteiger partial charge in [-0.1, -0.05) is 78.9 Å². The van der Waals surface area contributed by atoms with Crippen LogP contribution in [-0.4, -0.2) is 23.2 Å². The number of aldehydes is 1. The number of nitrogens with zero attached hydrogens (tertiary/aromatic N) is 1. The van der Waals surface area contributed by atoms with E-state index in [4.69, 9.17) is 0 Å². The number of nitrogens with one attached hydrogen (secondary N) is 2. The minimum absolute atomic E-state index is 0.257. The molecule has 1 amide bonds. The molecule has 1 unspecified atom stereocenters. The molecule has 5 rings (SSSR count). The molecule has 5 heteroatoms. The zero-order valence-electron chi connectivity index (χ0n) is 19.1. The largest absolute Gasteiger partial charge is 0.355 e. The number of hydrogen-bond donors (Lipinski definition) is 2. The molecule has 0 aliphatic carbocycles. The number of carbonyl (C=O) groups excluding carboxylic acids is 2. The van der Waals surface area contributed by atoms with Crippen LogP contribution in [0.2, 0.25) is 0 Å². The molecule has 0 saturated heterocycles. The van der Waals surface area contributed by atoms with Gasteiger partial charge in [0.25, 0.3) is 0 Å². The van der Waals surface area contributed by atoms with Crippen LogP contribution in [0, 0.1) is 0 Å². The molecule has 2 atom stereocenters. The standard InChI is InChI=1S/C30H25N3O2/c34-21-25(18-22-10-3-1-4-11-22)32-29(35)30(24-13-5-2-6-14-24)19-28(23-12-9-17-31-20-23)33-27-16-8-7-15-26(27)30/h1-17,19-21,25,33H,18H2,(H,32,35)/t25-,30?/m0/s1. The van der Waals surface area contributed by atoms with Gasteiger partial charge in [-0.15, -0.1) is 0 Å². The van der Waals surface area contributed by atoms with E-state index in [9.17, 15) is 9.59 Å². The first kappa shape index (κ1) is 22.3. The van der Waals surface area contributed by atoms with Crippen LogP contribution < -0.4 is 10.6 Å². The Morgan fingerprint density at radius 2 is 1.63 bits per heavy atom. The Balaban J connectivity index is 1.64. The minimum Gasteiger partial charge on any atom is -0.355 e. The van der Waals surface area contributed by atoms with Gasteiger partial charge in [0.05, 0.1) is 6.04 Å². The Morgan fingerprint density at radius 1 is 0.914 bits per heavy atom. The van der Waals surface area contributed by atoms with Crippen molar-refractivity contribution in [2.24, 2.45) is 0 Å². The van der Waals surface area contributed by atoms with Crippen LogP contribution in [-0.2, 0) is 21.4 Å². The lowest BCUT2D eigenvalue weighted by Gasteiger charge is -2.37. The molecule has 35 heavy (non-hydrogen) atoms. The fourth-order valence-electron chi connectivity index (χ4n) is 4.63. The Kier molecular flexibility index (Phi) is 6.22. The number of carbonyl (C=O) groups is 2. The summed E-state index contributed by atoms with van der Waals surface area (Å²) in [5.74, 6) is -0.257. The summed E-state index contributed by atoms with van der Waals surface area (Å²) in [6.07, 6.45) is 6.66. The number of pyridine rings is 1. The second-order valence-electron chi connectivity index (χ2n) is 8.55. The number of rotatable bonds is 7. The topological polar surface area (TPSA) is 71.1 Å². The van der Waals surface area contributed by atoms with Crippen molar-refractivity contribution in [1.82, 2.24) is 10.3 Å². The zero-order valence-corrected chi connectivity index (χ0v) is 19.1. The van der Waals surface area contributed by atoms with Crippen LogP contribution in [0.5, 0.6) is 0 Å². The molecule has 0 spiro atoms. The first-order valence-electron chi connectivity index (χ1n) is 11.6. The van der Waals surface area contributed by atoms with E-state index in [1.165, 1.54) is 0 Å². The van der Waals surface area contributed by atoms with E-state index in [2.05, 4.69) is 15.6 Å². The summed E-state index contributed by atoms with van der Waals surface area (Å²) >= 11 is 0. The van der Waals surface area contributed by atoms with Crippen molar-refractivity contribution in [2.75, 3.05) is 5.32 Å². The van der Waals surface area contributed by atoms with E-state index in [-0.39, 0.29) is 5.91 Å². The molecule has 1 aliphatic rings. The van der Waals surface area contributed by atoms with Gasteiger partial charge in [0.15, 0.2) is 0 Å². The Hall–Kier alpha value is -4.51. The average molecular weight is 460 g/mol. The van der Waals surface area contributed by atoms with Crippen LogP contribution >= 0.6 is 0 Å². The van der Waals surface area contributed by atoms with Crippen molar-refractivity contribution < 1.29 is 9.59 Å². The summed E-state index contributed by atoms with van der Waals surface area (Å²) in [4.78, 5) is 30.6. The summed E-state index contributed by atoms with van der Waals surface area (Å²) in [6.45, 7) is 0. The number of hydrogen-bond acceptors (Lipinski definition) is 4. The first-order chi connectivity index (χ1) is 17.2. The lowest BCUT2D eigenvalue weighted by molar-refractivity contribution is -0.126. The van der Waals surface area contributed by atoms with Crippen LogP contribution in [0.4, 0.5) is 5.69 Å². The smallest absolute Gasteiger partial charge is 0.239 e. The molecule has 1 aromatic heterocycles. The fraction of sp³-hybridized carbons (Fsp3) is 0.100. The van der Waals surface area contributed by atoms with E-state index in [1.807, 2.05) is 103 Å². The van der Waals surface area contributed by atoms with Gasteiger partial charge in [-0.05, 0) is 47.4 Å². The number of fused-ring (bicyclic) bond motifs is 1. The van der Waals surface area contributed by atoms with E-state index in [1.54, 1.807) is 12.4 Å². The van der Waals surface area contributed by atoms with Gasteiger partial charge in [-0.2, -0.15) is 0 Å². The minimum atomic E-state index is -1.15. The first-order valence-corrected chi connectivity index (χ1v) is 11.6. The summed E-state index contributed by atoms with van der Waals surface area (Å²) in [6, 6.07) is 30.3. The third kappa shape index (κ3) is 4.36. The van der Waals surface area contributed by atoms with Crippen molar-refractivity contribution in [2.45, 2.75) is 17.9 Å². The van der Waals surface area contributed by atoms with Crippen molar-refractivity contribution in [3.63, 3.8) is 0 Å².